The molecule has 4 nitrogen and oxygen atoms in total. The summed E-state index contributed by atoms with van der Waals surface area (Å²) >= 11 is 0. The molecule has 1 heterocycles. The lowest BCUT2D eigenvalue weighted by atomic mass is 9.77. The van der Waals surface area contributed by atoms with Gasteiger partial charge in [0.25, 0.3) is 0 Å². The number of benzene rings is 1. The predicted molar refractivity (Wildman–Crippen MR) is 77.8 cm³/mol. The Kier molecular flexibility index (Phi) is 2.12. The molecule has 4 heteroatoms. The number of hydrogen-bond donors (Lipinski definition) is 1. The van der Waals surface area contributed by atoms with E-state index in [9.17, 15) is 0 Å². The summed E-state index contributed by atoms with van der Waals surface area (Å²) in [6, 6.07) is 8.80. The molecular weight excluding hydrogens is 262 g/mol. The van der Waals surface area contributed by atoms with Gasteiger partial charge in [0.05, 0.1) is 5.54 Å². The van der Waals surface area contributed by atoms with Gasteiger partial charge in [-0.15, -0.1) is 0 Å². The van der Waals surface area contributed by atoms with Crippen molar-refractivity contribution in [3.05, 3.63) is 47.1 Å². The molecule has 108 valence electrons. The van der Waals surface area contributed by atoms with E-state index >= 15 is 0 Å². The van der Waals surface area contributed by atoms with Crippen LogP contribution in [0, 0.1) is 0 Å². The van der Waals surface area contributed by atoms with E-state index in [1.165, 1.54) is 30.4 Å². The molecule has 5 rings (SSSR count). The largest absolute Gasteiger partial charge is 0.339 e. The van der Waals surface area contributed by atoms with Crippen molar-refractivity contribution in [3.8, 4) is 0 Å². The summed E-state index contributed by atoms with van der Waals surface area (Å²) in [5.74, 6) is 1.92. The summed E-state index contributed by atoms with van der Waals surface area (Å²) in [5.41, 5.74) is 9.23. The SMILES string of the molecule is NC1(c2noc(C3CC34CCc3ccccc34)n2)CCC1. The van der Waals surface area contributed by atoms with Crippen molar-refractivity contribution < 1.29 is 4.52 Å². The van der Waals surface area contributed by atoms with Crippen molar-refractivity contribution in [1.29, 1.82) is 0 Å². The average molecular weight is 281 g/mol. The summed E-state index contributed by atoms with van der Waals surface area (Å²) in [4.78, 5) is 4.66. The van der Waals surface area contributed by atoms with Crippen molar-refractivity contribution in [1.82, 2.24) is 10.1 Å². The Morgan fingerprint density at radius 3 is 2.86 bits per heavy atom. The fourth-order valence-corrected chi connectivity index (χ4v) is 4.28. The van der Waals surface area contributed by atoms with E-state index < -0.39 is 0 Å². The van der Waals surface area contributed by atoms with Crippen LogP contribution in [0.5, 0.6) is 0 Å². The zero-order valence-electron chi connectivity index (χ0n) is 12.0. The van der Waals surface area contributed by atoms with Crippen molar-refractivity contribution in [2.24, 2.45) is 5.73 Å². The highest BCUT2D eigenvalue weighted by Crippen LogP contribution is 2.66. The molecule has 2 aromatic rings. The van der Waals surface area contributed by atoms with Crippen LogP contribution in [0.15, 0.2) is 28.8 Å². The second-order valence-corrected chi connectivity index (χ2v) is 7.04. The van der Waals surface area contributed by atoms with Gasteiger partial charge >= 0.3 is 0 Å². The molecule has 1 aromatic heterocycles. The van der Waals surface area contributed by atoms with E-state index in [2.05, 4.69) is 34.4 Å². The van der Waals surface area contributed by atoms with Gasteiger partial charge in [0.15, 0.2) is 5.82 Å². The van der Waals surface area contributed by atoms with Crippen LogP contribution in [-0.2, 0) is 17.4 Å². The van der Waals surface area contributed by atoms with E-state index in [1.54, 1.807) is 0 Å². The van der Waals surface area contributed by atoms with Crippen molar-refractivity contribution in [2.75, 3.05) is 0 Å². The third kappa shape index (κ3) is 1.49. The molecule has 0 radical (unpaired) electrons. The molecule has 21 heavy (non-hydrogen) atoms. The first-order valence-corrected chi connectivity index (χ1v) is 7.93. The Labute approximate surface area is 123 Å². The van der Waals surface area contributed by atoms with Gasteiger partial charge in [0.1, 0.15) is 0 Å². The minimum atomic E-state index is -0.322. The average Bonchev–Trinajstić information content (AvgIpc) is 2.83. The summed E-state index contributed by atoms with van der Waals surface area (Å²) < 4.78 is 5.57. The molecule has 2 saturated carbocycles. The predicted octanol–water partition coefficient (Wildman–Crippen LogP) is 2.78. The number of aromatic nitrogens is 2. The normalized spacial score (nSPS) is 32.0. The highest BCUT2D eigenvalue weighted by Gasteiger charge is 2.61. The van der Waals surface area contributed by atoms with Crippen molar-refractivity contribution in [2.45, 2.75) is 55.4 Å². The molecule has 0 amide bonds. The smallest absolute Gasteiger partial charge is 0.230 e. The quantitative estimate of drug-likeness (QED) is 0.919. The Bertz CT molecular complexity index is 718. The van der Waals surface area contributed by atoms with Crippen LogP contribution < -0.4 is 5.73 Å². The molecule has 3 aliphatic carbocycles. The van der Waals surface area contributed by atoms with E-state index in [0.29, 0.717) is 5.92 Å². The first-order chi connectivity index (χ1) is 10.2. The van der Waals surface area contributed by atoms with E-state index in [4.69, 9.17) is 10.3 Å². The van der Waals surface area contributed by atoms with E-state index in [1.807, 2.05) is 0 Å². The molecule has 0 bridgehead atoms. The molecule has 2 N–H and O–H groups in total. The summed E-state index contributed by atoms with van der Waals surface area (Å²) in [6.07, 6.45) is 6.65. The van der Waals surface area contributed by atoms with Gasteiger partial charge < -0.3 is 10.3 Å². The van der Waals surface area contributed by atoms with Crippen LogP contribution in [0.2, 0.25) is 0 Å². The third-order valence-corrected chi connectivity index (χ3v) is 5.90. The second-order valence-electron chi connectivity index (χ2n) is 7.04. The minimum absolute atomic E-state index is 0.266. The molecular formula is C17H19N3O. The van der Waals surface area contributed by atoms with Gasteiger partial charge in [-0.2, -0.15) is 4.98 Å². The number of nitrogens with zero attached hydrogens (tertiary/aromatic N) is 2. The maximum absolute atomic E-state index is 6.29. The number of aryl methyl sites for hydroxylation is 1. The molecule has 1 aromatic carbocycles. The zero-order valence-corrected chi connectivity index (χ0v) is 12.0. The lowest BCUT2D eigenvalue weighted by Gasteiger charge is -2.34. The standard InChI is InChI=1S/C17H19N3O/c18-17(7-3-8-17)15-19-14(21-20-15)13-10-16(13)9-6-11-4-1-2-5-12(11)16/h1-2,4-5,13H,3,6-10,18H2. The maximum atomic E-state index is 6.29. The Balaban J connectivity index is 1.47. The van der Waals surface area contributed by atoms with Gasteiger partial charge in [-0.05, 0) is 49.7 Å². The molecule has 2 fully saturated rings. The first-order valence-electron chi connectivity index (χ1n) is 7.93. The summed E-state index contributed by atoms with van der Waals surface area (Å²) in [5, 5.41) is 4.17. The van der Waals surface area contributed by atoms with Crippen LogP contribution in [-0.4, -0.2) is 10.1 Å². The van der Waals surface area contributed by atoms with Gasteiger partial charge in [-0.3, -0.25) is 0 Å². The number of rotatable bonds is 2. The van der Waals surface area contributed by atoms with Crippen LogP contribution in [0.3, 0.4) is 0 Å². The van der Waals surface area contributed by atoms with Gasteiger partial charge in [-0.25, -0.2) is 0 Å². The van der Waals surface area contributed by atoms with Gasteiger partial charge in [0.2, 0.25) is 5.89 Å². The highest BCUT2D eigenvalue weighted by molar-refractivity contribution is 5.48. The molecule has 0 saturated heterocycles. The number of hydrogen-bond acceptors (Lipinski definition) is 4. The molecule has 0 aliphatic heterocycles. The van der Waals surface area contributed by atoms with E-state index in [-0.39, 0.29) is 11.0 Å². The monoisotopic (exact) mass is 281 g/mol. The van der Waals surface area contributed by atoms with E-state index in [0.717, 1.165) is 31.0 Å². The summed E-state index contributed by atoms with van der Waals surface area (Å²) in [6.45, 7) is 0. The van der Waals surface area contributed by atoms with Crippen LogP contribution in [0.1, 0.15) is 60.9 Å². The van der Waals surface area contributed by atoms with Crippen LogP contribution >= 0.6 is 0 Å². The topological polar surface area (TPSA) is 64.9 Å². The Morgan fingerprint density at radius 1 is 1.19 bits per heavy atom. The Morgan fingerprint density at radius 2 is 2.05 bits per heavy atom. The fraction of sp³-hybridized carbons (Fsp3) is 0.529. The minimum Gasteiger partial charge on any atom is -0.339 e. The summed E-state index contributed by atoms with van der Waals surface area (Å²) in [7, 11) is 0. The molecule has 2 atom stereocenters. The zero-order chi connectivity index (χ0) is 14.1. The van der Waals surface area contributed by atoms with Gasteiger partial charge in [-0.1, -0.05) is 29.4 Å². The highest BCUT2D eigenvalue weighted by atomic mass is 16.5. The van der Waals surface area contributed by atoms with Crippen molar-refractivity contribution >= 4 is 0 Å². The van der Waals surface area contributed by atoms with Crippen LogP contribution in [0.25, 0.3) is 0 Å². The maximum Gasteiger partial charge on any atom is 0.230 e. The van der Waals surface area contributed by atoms with Crippen molar-refractivity contribution in [3.63, 3.8) is 0 Å². The Hall–Kier alpha value is -1.68. The third-order valence-electron chi connectivity index (χ3n) is 5.90. The lowest BCUT2D eigenvalue weighted by molar-refractivity contribution is 0.229. The number of nitrogens with two attached hydrogens (primary N) is 1. The van der Waals surface area contributed by atoms with Crippen LogP contribution in [0.4, 0.5) is 0 Å². The van der Waals surface area contributed by atoms with Gasteiger partial charge in [0, 0.05) is 11.3 Å². The second kappa shape index (κ2) is 3.74. The fourth-order valence-electron chi connectivity index (χ4n) is 4.28. The molecule has 2 unspecified atom stereocenters. The molecule has 1 spiro atoms. The molecule has 3 aliphatic rings. The number of fused-ring (bicyclic) bond motifs is 2. The lowest BCUT2D eigenvalue weighted by Crippen LogP contribution is -2.44. The first kappa shape index (κ1) is 11.9.